The molecule has 0 fully saturated rings. The summed E-state index contributed by atoms with van der Waals surface area (Å²) < 4.78 is 13.9. The summed E-state index contributed by atoms with van der Waals surface area (Å²) in [7, 11) is 0. The van der Waals surface area contributed by atoms with E-state index in [0.29, 0.717) is 18.4 Å². The summed E-state index contributed by atoms with van der Waals surface area (Å²) in [5, 5.41) is 13.1. The van der Waals surface area contributed by atoms with Crippen LogP contribution >= 0.6 is 0 Å². The van der Waals surface area contributed by atoms with Gasteiger partial charge >= 0.3 is 0 Å². The Morgan fingerprint density at radius 3 is 2.91 bits per heavy atom. The average Bonchev–Trinajstić information content (AvgIpc) is 2.92. The van der Waals surface area contributed by atoms with E-state index in [1.165, 1.54) is 6.07 Å². The minimum absolute atomic E-state index is 0.0411. The third kappa shape index (κ3) is 3.04. The molecule has 0 saturated heterocycles. The Balaban J connectivity index is 1.68. The first kappa shape index (κ1) is 15.1. The van der Waals surface area contributed by atoms with Crippen LogP contribution < -0.4 is 5.32 Å². The maximum Gasteiger partial charge on any atom is 0.255 e. The van der Waals surface area contributed by atoms with Crippen LogP contribution in [0.2, 0.25) is 0 Å². The molecule has 0 aliphatic carbocycles. The zero-order valence-corrected chi connectivity index (χ0v) is 12.7. The largest absolute Gasteiger partial charge is 0.507 e. The standard InChI is InChI=1S/C18H17FN2O2/c1-11-5-6-13(16(22)9-11)18(23)20-8-7-12-10-21-15-4-2-3-14(19)17(12)15/h2-6,9-10,21-22H,7-8H2,1H3,(H,20,23). The summed E-state index contributed by atoms with van der Waals surface area (Å²) >= 11 is 0. The van der Waals surface area contributed by atoms with Crippen LogP contribution in [0.1, 0.15) is 21.5 Å². The van der Waals surface area contributed by atoms with Crippen molar-refractivity contribution >= 4 is 16.8 Å². The number of rotatable bonds is 4. The van der Waals surface area contributed by atoms with Crippen molar-refractivity contribution in [3.63, 3.8) is 0 Å². The molecule has 0 atom stereocenters. The van der Waals surface area contributed by atoms with Gasteiger partial charge in [0.1, 0.15) is 11.6 Å². The zero-order chi connectivity index (χ0) is 16.4. The van der Waals surface area contributed by atoms with Crippen LogP contribution in [0.25, 0.3) is 10.9 Å². The van der Waals surface area contributed by atoms with Gasteiger partial charge in [-0.05, 0) is 48.7 Å². The van der Waals surface area contributed by atoms with Gasteiger partial charge in [0.15, 0.2) is 0 Å². The SMILES string of the molecule is Cc1ccc(C(=O)NCCc2c[nH]c3cccc(F)c23)c(O)c1. The van der Waals surface area contributed by atoms with Crippen molar-refractivity contribution in [2.75, 3.05) is 6.54 Å². The predicted molar refractivity (Wildman–Crippen MR) is 87.1 cm³/mol. The smallest absolute Gasteiger partial charge is 0.255 e. The Kier molecular flexibility index (Phi) is 4.02. The summed E-state index contributed by atoms with van der Waals surface area (Å²) in [6.45, 7) is 2.19. The van der Waals surface area contributed by atoms with Gasteiger partial charge in [0.05, 0.1) is 5.56 Å². The van der Waals surface area contributed by atoms with Gasteiger partial charge in [0.25, 0.3) is 5.91 Å². The van der Waals surface area contributed by atoms with Crippen LogP contribution in [0.5, 0.6) is 5.75 Å². The molecular weight excluding hydrogens is 295 g/mol. The molecule has 0 aliphatic rings. The number of nitrogens with one attached hydrogen (secondary N) is 2. The van der Waals surface area contributed by atoms with Gasteiger partial charge in [-0.3, -0.25) is 4.79 Å². The number of fused-ring (bicyclic) bond motifs is 1. The highest BCUT2D eigenvalue weighted by Crippen LogP contribution is 2.22. The Bertz CT molecular complexity index is 871. The maximum absolute atomic E-state index is 13.9. The second-order valence-corrected chi connectivity index (χ2v) is 5.50. The molecule has 3 rings (SSSR count). The molecule has 1 amide bonds. The fourth-order valence-corrected chi connectivity index (χ4v) is 2.64. The van der Waals surface area contributed by atoms with Crippen molar-refractivity contribution < 1.29 is 14.3 Å². The molecule has 4 nitrogen and oxygen atoms in total. The van der Waals surface area contributed by atoms with Crippen molar-refractivity contribution in [3.05, 3.63) is 65.1 Å². The monoisotopic (exact) mass is 312 g/mol. The summed E-state index contributed by atoms with van der Waals surface area (Å²) in [6.07, 6.45) is 2.25. The lowest BCUT2D eigenvalue weighted by Gasteiger charge is -2.07. The number of halogens is 1. The van der Waals surface area contributed by atoms with Crippen molar-refractivity contribution in [2.24, 2.45) is 0 Å². The molecule has 3 N–H and O–H groups in total. The number of carbonyl (C=O) groups excluding carboxylic acids is 1. The molecule has 1 heterocycles. The lowest BCUT2D eigenvalue weighted by Crippen LogP contribution is -2.25. The summed E-state index contributed by atoms with van der Waals surface area (Å²) in [5.74, 6) is -0.662. The molecule has 0 radical (unpaired) electrons. The molecule has 0 bridgehead atoms. The van der Waals surface area contributed by atoms with Gasteiger partial charge in [-0.2, -0.15) is 0 Å². The lowest BCUT2D eigenvalue weighted by atomic mass is 10.1. The van der Waals surface area contributed by atoms with E-state index in [1.807, 2.05) is 13.0 Å². The van der Waals surface area contributed by atoms with Crippen molar-refractivity contribution in [2.45, 2.75) is 13.3 Å². The summed E-state index contributed by atoms with van der Waals surface area (Å²) in [4.78, 5) is 15.1. The number of aromatic nitrogens is 1. The van der Waals surface area contributed by atoms with E-state index in [9.17, 15) is 14.3 Å². The van der Waals surface area contributed by atoms with E-state index >= 15 is 0 Å². The molecule has 2 aromatic carbocycles. The van der Waals surface area contributed by atoms with Crippen LogP contribution in [0.4, 0.5) is 4.39 Å². The first-order valence-corrected chi connectivity index (χ1v) is 7.38. The third-order valence-corrected chi connectivity index (χ3v) is 3.81. The molecule has 0 spiro atoms. The van der Waals surface area contributed by atoms with E-state index < -0.39 is 0 Å². The molecule has 5 heteroatoms. The number of carbonyl (C=O) groups is 1. The van der Waals surface area contributed by atoms with Crippen molar-refractivity contribution in [1.29, 1.82) is 0 Å². The molecule has 0 saturated carbocycles. The van der Waals surface area contributed by atoms with Crippen LogP contribution in [0.15, 0.2) is 42.6 Å². The molecule has 0 unspecified atom stereocenters. The van der Waals surface area contributed by atoms with Gasteiger partial charge in [0.2, 0.25) is 0 Å². The maximum atomic E-state index is 13.9. The number of hydrogen-bond donors (Lipinski definition) is 3. The third-order valence-electron chi connectivity index (χ3n) is 3.81. The van der Waals surface area contributed by atoms with Gasteiger partial charge in [-0.15, -0.1) is 0 Å². The topological polar surface area (TPSA) is 65.1 Å². The highest BCUT2D eigenvalue weighted by Gasteiger charge is 2.12. The van der Waals surface area contributed by atoms with Crippen LogP contribution in [0, 0.1) is 12.7 Å². The minimum atomic E-state index is -0.345. The fourth-order valence-electron chi connectivity index (χ4n) is 2.64. The number of phenols is 1. The van der Waals surface area contributed by atoms with Crippen LogP contribution in [-0.4, -0.2) is 22.5 Å². The number of hydrogen-bond acceptors (Lipinski definition) is 2. The minimum Gasteiger partial charge on any atom is -0.507 e. The predicted octanol–water partition coefficient (Wildman–Crippen LogP) is 3.29. The van der Waals surface area contributed by atoms with E-state index in [2.05, 4.69) is 10.3 Å². The van der Waals surface area contributed by atoms with Gasteiger partial charge in [-0.1, -0.05) is 12.1 Å². The Morgan fingerprint density at radius 2 is 2.13 bits per heavy atom. The number of benzene rings is 2. The Hall–Kier alpha value is -2.82. The highest BCUT2D eigenvalue weighted by molar-refractivity contribution is 5.96. The first-order chi connectivity index (χ1) is 11.1. The first-order valence-electron chi connectivity index (χ1n) is 7.38. The second kappa shape index (κ2) is 6.12. The Labute approximate surface area is 133 Å². The van der Waals surface area contributed by atoms with E-state index in [-0.39, 0.29) is 23.0 Å². The molecule has 118 valence electrons. The van der Waals surface area contributed by atoms with E-state index in [0.717, 1.165) is 16.6 Å². The normalized spacial score (nSPS) is 10.9. The number of H-pyrrole nitrogens is 1. The zero-order valence-electron chi connectivity index (χ0n) is 12.7. The molecular formula is C18H17FN2O2. The average molecular weight is 312 g/mol. The molecule has 3 aromatic rings. The second-order valence-electron chi connectivity index (χ2n) is 5.50. The lowest BCUT2D eigenvalue weighted by molar-refractivity contribution is 0.0951. The van der Waals surface area contributed by atoms with Crippen LogP contribution in [-0.2, 0) is 6.42 Å². The van der Waals surface area contributed by atoms with Crippen LogP contribution in [0.3, 0.4) is 0 Å². The van der Waals surface area contributed by atoms with Gasteiger partial charge < -0.3 is 15.4 Å². The number of amides is 1. The number of aromatic amines is 1. The quantitative estimate of drug-likeness (QED) is 0.692. The van der Waals surface area contributed by atoms with E-state index in [4.69, 9.17) is 0 Å². The number of aromatic hydroxyl groups is 1. The number of phenolic OH excluding ortho intramolecular Hbond substituents is 1. The molecule has 23 heavy (non-hydrogen) atoms. The Morgan fingerprint density at radius 1 is 1.30 bits per heavy atom. The van der Waals surface area contributed by atoms with Crippen molar-refractivity contribution in [3.8, 4) is 5.75 Å². The summed E-state index contributed by atoms with van der Waals surface area (Å²) in [6, 6.07) is 9.78. The number of aryl methyl sites for hydroxylation is 1. The van der Waals surface area contributed by atoms with E-state index in [1.54, 1.807) is 30.5 Å². The fraction of sp³-hybridized carbons (Fsp3) is 0.167. The van der Waals surface area contributed by atoms with Crippen molar-refractivity contribution in [1.82, 2.24) is 10.3 Å². The molecule has 0 aliphatic heterocycles. The van der Waals surface area contributed by atoms with Gasteiger partial charge in [0, 0.05) is 23.6 Å². The summed E-state index contributed by atoms with van der Waals surface area (Å²) in [5.41, 5.74) is 2.67. The van der Waals surface area contributed by atoms with Gasteiger partial charge in [-0.25, -0.2) is 4.39 Å². The molecule has 1 aromatic heterocycles. The highest BCUT2D eigenvalue weighted by atomic mass is 19.1.